The van der Waals surface area contributed by atoms with E-state index in [2.05, 4.69) is 25.1 Å². The second kappa shape index (κ2) is 5.04. The van der Waals surface area contributed by atoms with Crippen molar-refractivity contribution < 1.29 is 4.74 Å². The van der Waals surface area contributed by atoms with E-state index in [1.54, 1.807) is 7.11 Å². The van der Waals surface area contributed by atoms with Crippen molar-refractivity contribution in [2.75, 3.05) is 7.11 Å². The van der Waals surface area contributed by atoms with Gasteiger partial charge < -0.3 is 4.74 Å². The van der Waals surface area contributed by atoms with Crippen molar-refractivity contribution in [3.63, 3.8) is 0 Å². The molecule has 1 unspecified atom stereocenters. The summed E-state index contributed by atoms with van der Waals surface area (Å²) in [5.74, 6) is 1.56. The minimum Gasteiger partial charge on any atom is -0.497 e. The van der Waals surface area contributed by atoms with Crippen LogP contribution in [0, 0.1) is 5.92 Å². The van der Waals surface area contributed by atoms with E-state index < -0.39 is 0 Å². The molecule has 0 fully saturated rings. The van der Waals surface area contributed by atoms with Gasteiger partial charge in [-0.2, -0.15) is 0 Å². The molecule has 2 heteroatoms. The first-order valence-electron chi connectivity index (χ1n) is 6.92. The molecule has 0 saturated heterocycles. The average molecular weight is 253 g/mol. The fourth-order valence-electron chi connectivity index (χ4n) is 2.75. The minimum atomic E-state index is 0.678. The van der Waals surface area contributed by atoms with Gasteiger partial charge in [0, 0.05) is 5.39 Å². The van der Waals surface area contributed by atoms with E-state index in [-0.39, 0.29) is 0 Å². The lowest BCUT2D eigenvalue weighted by Crippen LogP contribution is -2.01. The molecule has 1 heterocycles. The highest BCUT2D eigenvalue weighted by atomic mass is 16.5. The molecule has 19 heavy (non-hydrogen) atoms. The molecular formula is C17H19NO. The third-order valence-corrected chi connectivity index (χ3v) is 3.82. The highest BCUT2D eigenvalue weighted by Gasteiger charge is 2.12. The van der Waals surface area contributed by atoms with Crippen LogP contribution in [0.15, 0.2) is 36.4 Å². The van der Waals surface area contributed by atoms with Crippen LogP contribution in [-0.2, 0) is 0 Å². The number of methoxy groups -OCH3 is 1. The maximum Gasteiger partial charge on any atom is 0.119 e. The summed E-state index contributed by atoms with van der Waals surface area (Å²) < 4.78 is 5.24. The quantitative estimate of drug-likeness (QED) is 0.789. The minimum absolute atomic E-state index is 0.678. The van der Waals surface area contributed by atoms with Gasteiger partial charge in [0.25, 0.3) is 0 Å². The molecule has 1 aliphatic carbocycles. The van der Waals surface area contributed by atoms with Gasteiger partial charge in [0.05, 0.1) is 18.3 Å². The van der Waals surface area contributed by atoms with Crippen molar-refractivity contribution >= 4 is 16.5 Å². The highest BCUT2D eigenvalue weighted by Crippen LogP contribution is 2.30. The van der Waals surface area contributed by atoms with Crippen molar-refractivity contribution in [2.24, 2.45) is 5.92 Å². The van der Waals surface area contributed by atoms with Crippen LogP contribution < -0.4 is 4.74 Å². The Balaban J connectivity index is 2.02. The molecule has 1 atom stereocenters. The summed E-state index contributed by atoms with van der Waals surface area (Å²) in [6.45, 7) is 2.28. The smallest absolute Gasteiger partial charge is 0.119 e. The molecule has 0 N–H and O–H groups in total. The summed E-state index contributed by atoms with van der Waals surface area (Å²) in [5.41, 5.74) is 3.57. The van der Waals surface area contributed by atoms with Gasteiger partial charge >= 0.3 is 0 Å². The van der Waals surface area contributed by atoms with Gasteiger partial charge in [0.2, 0.25) is 0 Å². The lowest BCUT2D eigenvalue weighted by atomic mass is 9.90. The van der Waals surface area contributed by atoms with E-state index in [0.29, 0.717) is 5.92 Å². The molecule has 0 spiro atoms. The lowest BCUT2D eigenvalue weighted by molar-refractivity contribution is 0.415. The first-order chi connectivity index (χ1) is 9.26. The molecule has 0 saturated carbocycles. The summed E-state index contributed by atoms with van der Waals surface area (Å²) in [6, 6.07) is 10.3. The van der Waals surface area contributed by atoms with Gasteiger partial charge in [-0.3, -0.25) is 0 Å². The number of pyridine rings is 1. The zero-order valence-corrected chi connectivity index (χ0v) is 11.5. The highest BCUT2D eigenvalue weighted by molar-refractivity contribution is 5.82. The number of ether oxygens (including phenoxy) is 1. The van der Waals surface area contributed by atoms with Gasteiger partial charge in [-0.25, -0.2) is 4.98 Å². The Labute approximate surface area is 114 Å². The molecule has 0 aliphatic heterocycles. The molecule has 2 nitrogen and oxygen atoms in total. The Morgan fingerprint density at radius 3 is 2.89 bits per heavy atom. The lowest BCUT2D eigenvalue weighted by Gasteiger charge is -2.17. The summed E-state index contributed by atoms with van der Waals surface area (Å²) >= 11 is 0. The summed E-state index contributed by atoms with van der Waals surface area (Å²) in [4.78, 5) is 4.78. The van der Waals surface area contributed by atoms with Crippen LogP contribution in [-0.4, -0.2) is 12.1 Å². The number of nitrogens with zero attached hydrogens (tertiary/aromatic N) is 1. The fourth-order valence-corrected chi connectivity index (χ4v) is 2.75. The van der Waals surface area contributed by atoms with Crippen LogP contribution >= 0.6 is 0 Å². The van der Waals surface area contributed by atoms with Crippen LogP contribution in [0.3, 0.4) is 0 Å². The van der Waals surface area contributed by atoms with Gasteiger partial charge in [-0.1, -0.05) is 19.1 Å². The predicted octanol–water partition coefficient (Wildman–Crippen LogP) is 4.45. The largest absolute Gasteiger partial charge is 0.497 e. The van der Waals surface area contributed by atoms with E-state index in [1.165, 1.54) is 18.4 Å². The van der Waals surface area contributed by atoms with Gasteiger partial charge in [0.15, 0.2) is 0 Å². The third-order valence-electron chi connectivity index (χ3n) is 3.82. The van der Waals surface area contributed by atoms with Crippen LogP contribution in [0.1, 0.15) is 31.9 Å². The Hall–Kier alpha value is -1.83. The summed E-state index contributed by atoms with van der Waals surface area (Å²) in [5, 5.41) is 1.13. The van der Waals surface area contributed by atoms with Gasteiger partial charge in [-0.15, -0.1) is 0 Å². The second-order valence-electron chi connectivity index (χ2n) is 5.32. The van der Waals surface area contributed by atoms with Crippen molar-refractivity contribution in [1.82, 2.24) is 4.98 Å². The number of fused-ring (bicyclic) bond motifs is 1. The number of hydrogen-bond donors (Lipinski definition) is 0. The predicted molar refractivity (Wildman–Crippen MR) is 79.3 cm³/mol. The summed E-state index contributed by atoms with van der Waals surface area (Å²) in [7, 11) is 1.69. The van der Waals surface area contributed by atoms with Crippen molar-refractivity contribution in [3.8, 4) is 5.75 Å². The third kappa shape index (κ3) is 2.48. The topological polar surface area (TPSA) is 22.1 Å². The van der Waals surface area contributed by atoms with E-state index in [4.69, 9.17) is 9.72 Å². The molecule has 1 aromatic carbocycles. The second-order valence-corrected chi connectivity index (χ2v) is 5.32. The number of rotatable bonds is 2. The van der Waals surface area contributed by atoms with Gasteiger partial charge in [-0.05, 0) is 55.0 Å². The maximum absolute atomic E-state index is 5.24. The zero-order valence-electron chi connectivity index (χ0n) is 11.5. The molecular weight excluding hydrogens is 234 g/mol. The molecule has 2 aromatic rings. The van der Waals surface area contributed by atoms with E-state index in [0.717, 1.165) is 28.8 Å². The molecule has 0 radical (unpaired) electrons. The Morgan fingerprint density at radius 1 is 1.21 bits per heavy atom. The molecule has 3 rings (SSSR count). The average Bonchev–Trinajstić information content (AvgIpc) is 2.46. The number of allylic oxidation sites excluding steroid dienone is 2. The molecule has 1 aromatic heterocycles. The monoisotopic (exact) mass is 253 g/mol. The fraction of sp³-hybridized carbons (Fsp3) is 0.353. The van der Waals surface area contributed by atoms with Crippen LogP contribution in [0.5, 0.6) is 5.75 Å². The maximum atomic E-state index is 5.24. The van der Waals surface area contributed by atoms with Crippen molar-refractivity contribution in [2.45, 2.75) is 26.2 Å². The van der Waals surface area contributed by atoms with Crippen molar-refractivity contribution in [3.05, 3.63) is 42.1 Å². The Bertz CT molecular complexity index is 630. The molecule has 0 amide bonds. The number of hydrogen-bond acceptors (Lipinski definition) is 2. The zero-order chi connectivity index (χ0) is 13.2. The van der Waals surface area contributed by atoms with Crippen LogP contribution in [0.25, 0.3) is 16.5 Å². The first-order valence-corrected chi connectivity index (χ1v) is 6.92. The Kier molecular flexibility index (Phi) is 3.24. The standard InChI is InChI=1S/C17H19NO/c1-12-4-3-5-13(10-12)16-8-6-14-11-15(19-2)7-9-17(14)18-16/h6-12H,3-5H2,1-2H3. The SMILES string of the molecule is COc1ccc2nc(C3=CC(C)CCC3)ccc2c1. The molecule has 0 bridgehead atoms. The van der Waals surface area contributed by atoms with Crippen LogP contribution in [0.2, 0.25) is 0 Å². The normalized spacial score (nSPS) is 19.3. The van der Waals surface area contributed by atoms with E-state index >= 15 is 0 Å². The summed E-state index contributed by atoms with van der Waals surface area (Å²) in [6.07, 6.45) is 6.10. The molecule has 98 valence electrons. The van der Waals surface area contributed by atoms with E-state index in [1.807, 2.05) is 18.2 Å². The van der Waals surface area contributed by atoms with Crippen LogP contribution in [0.4, 0.5) is 0 Å². The van der Waals surface area contributed by atoms with E-state index in [9.17, 15) is 0 Å². The van der Waals surface area contributed by atoms with Crippen molar-refractivity contribution in [1.29, 1.82) is 0 Å². The number of aromatic nitrogens is 1. The molecule has 1 aliphatic rings. The first kappa shape index (κ1) is 12.2. The number of benzene rings is 1. The Morgan fingerprint density at radius 2 is 2.11 bits per heavy atom. The van der Waals surface area contributed by atoms with Gasteiger partial charge in [0.1, 0.15) is 5.75 Å².